The molecule has 0 aliphatic rings. The molecule has 0 aromatic heterocycles. The van der Waals surface area contributed by atoms with E-state index in [-0.39, 0.29) is 5.75 Å². The highest BCUT2D eigenvalue weighted by Crippen LogP contribution is 2.22. The fraction of sp³-hybridized carbons (Fsp3) is 0.100. The number of hydrogen-bond donors (Lipinski definition) is 0. The van der Waals surface area contributed by atoms with Crippen LogP contribution in [0.15, 0.2) is 36.6 Å². The number of alkyl halides is 3. The molecule has 0 N–H and O–H groups in total. The molecule has 0 fully saturated rings. The van der Waals surface area contributed by atoms with Crippen molar-refractivity contribution in [3.8, 4) is 5.75 Å². The first-order chi connectivity index (χ1) is 6.51. The first-order valence-electron chi connectivity index (χ1n) is 3.73. The summed E-state index contributed by atoms with van der Waals surface area (Å²) < 4.78 is 38.9. The highest BCUT2D eigenvalue weighted by Gasteiger charge is 2.30. The van der Waals surface area contributed by atoms with Gasteiger partial charge < -0.3 is 4.74 Å². The molecule has 0 atom stereocenters. The third-order valence-electron chi connectivity index (χ3n) is 1.38. The van der Waals surface area contributed by atoms with Crippen LogP contribution in [0.5, 0.6) is 5.75 Å². The largest absolute Gasteiger partial charge is 0.573 e. The lowest BCUT2D eigenvalue weighted by Crippen LogP contribution is -2.16. The van der Waals surface area contributed by atoms with Gasteiger partial charge in [-0.3, -0.25) is 0 Å². The van der Waals surface area contributed by atoms with Gasteiger partial charge in [0, 0.05) is 0 Å². The van der Waals surface area contributed by atoms with Crippen molar-refractivity contribution in [3.63, 3.8) is 0 Å². The highest BCUT2D eigenvalue weighted by atomic mass is 19.4. The Morgan fingerprint density at radius 2 is 1.79 bits per heavy atom. The molecule has 1 aromatic carbocycles. The third-order valence-corrected chi connectivity index (χ3v) is 1.38. The van der Waals surface area contributed by atoms with Crippen LogP contribution >= 0.6 is 0 Å². The lowest BCUT2D eigenvalue weighted by Gasteiger charge is -2.08. The van der Waals surface area contributed by atoms with Gasteiger partial charge in [-0.05, 0) is 23.8 Å². The fourth-order valence-electron chi connectivity index (χ4n) is 0.884. The van der Waals surface area contributed by atoms with E-state index in [2.05, 4.69) is 17.0 Å². The lowest BCUT2D eigenvalue weighted by atomic mass is 10.2. The first kappa shape index (κ1) is 10.4. The van der Waals surface area contributed by atoms with Crippen LogP contribution in [0.3, 0.4) is 0 Å². The van der Waals surface area contributed by atoms with Gasteiger partial charge in [0.25, 0.3) is 0 Å². The predicted octanol–water partition coefficient (Wildman–Crippen LogP) is 3.38. The van der Waals surface area contributed by atoms with Crippen LogP contribution in [-0.4, -0.2) is 6.36 Å². The summed E-state index contributed by atoms with van der Waals surface area (Å²) >= 11 is 0. The molecule has 0 spiro atoms. The molecule has 4 heteroatoms. The van der Waals surface area contributed by atoms with Crippen molar-refractivity contribution in [1.29, 1.82) is 0 Å². The second-order valence-corrected chi connectivity index (χ2v) is 2.47. The minimum atomic E-state index is -4.64. The van der Waals surface area contributed by atoms with Crippen molar-refractivity contribution >= 4 is 6.08 Å². The zero-order valence-electron chi connectivity index (χ0n) is 7.14. The molecule has 14 heavy (non-hydrogen) atoms. The lowest BCUT2D eigenvalue weighted by molar-refractivity contribution is -0.274. The zero-order chi connectivity index (χ0) is 10.6. The number of halogens is 3. The number of rotatable bonds is 2. The smallest absolute Gasteiger partial charge is 0.406 e. The first-order valence-corrected chi connectivity index (χ1v) is 3.73. The normalized spacial score (nSPS) is 10.5. The van der Waals surface area contributed by atoms with Gasteiger partial charge in [0.1, 0.15) is 5.75 Å². The van der Waals surface area contributed by atoms with Gasteiger partial charge in [0.2, 0.25) is 0 Å². The molecule has 1 rings (SSSR count). The summed E-state index contributed by atoms with van der Waals surface area (Å²) in [6.07, 6.45) is -3.09. The summed E-state index contributed by atoms with van der Waals surface area (Å²) in [5.74, 6) is -0.237. The van der Waals surface area contributed by atoms with E-state index >= 15 is 0 Å². The van der Waals surface area contributed by atoms with E-state index in [0.717, 1.165) is 5.56 Å². The molecule has 1 nitrogen and oxygen atoms in total. The number of hydrogen-bond acceptors (Lipinski definition) is 1. The van der Waals surface area contributed by atoms with Gasteiger partial charge in [-0.1, -0.05) is 18.7 Å². The van der Waals surface area contributed by atoms with Crippen LogP contribution in [0.2, 0.25) is 0 Å². The van der Waals surface area contributed by atoms with Crippen LogP contribution in [0, 0.1) is 0 Å². The monoisotopic (exact) mass is 200 g/mol. The highest BCUT2D eigenvalue weighted by molar-refractivity contribution is 5.49. The molecular weight excluding hydrogens is 193 g/mol. The Labute approximate surface area is 79.1 Å². The zero-order valence-corrected chi connectivity index (χ0v) is 7.14. The van der Waals surface area contributed by atoms with Gasteiger partial charge in [-0.2, -0.15) is 0 Å². The summed E-state index contributed by atoms with van der Waals surface area (Å²) in [4.78, 5) is 0. The molecule has 0 amide bonds. The van der Waals surface area contributed by atoms with Gasteiger partial charge in [-0.15, -0.1) is 18.9 Å². The summed E-state index contributed by atoms with van der Waals surface area (Å²) in [6.45, 7) is 3.35. The van der Waals surface area contributed by atoms with Crippen LogP contribution in [0.1, 0.15) is 5.56 Å². The summed E-state index contributed by atoms with van der Waals surface area (Å²) in [5.41, 5.74) is 3.23. The van der Waals surface area contributed by atoms with Crippen molar-refractivity contribution < 1.29 is 17.9 Å². The van der Waals surface area contributed by atoms with Crippen molar-refractivity contribution in [1.82, 2.24) is 0 Å². The van der Waals surface area contributed by atoms with Crippen LogP contribution in [0.4, 0.5) is 13.2 Å². The molecule has 1 aromatic rings. The minimum absolute atomic E-state index is 0.237. The molecule has 74 valence electrons. The van der Waals surface area contributed by atoms with E-state index in [9.17, 15) is 13.2 Å². The molecule has 0 heterocycles. The molecule has 0 bridgehead atoms. The topological polar surface area (TPSA) is 9.23 Å². The summed E-state index contributed by atoms with van der Waals surface area (Å²) in [6, 6.07) is 5.44. The molecule has 0 saturated carbocycles. The maximum atomic E-state index is 11.7. The van der Waals surface area contributed by atoms with E-state index in [1.54, 1.807) is 6.08 Å². The van der Waals surface area contributed by atoms with Crippen molar-refractivity contribution in [2.75, 3.05) is 0 Å². The second kappa shape index (κ2) is 4.03. The maximum Gasteiger partial charge on any atom is 0.573 e. The fourth-order valence-corrected chi connectivity index (χ4v) is 0.884. The van der Waals surface area contributed by atoms with Crippen molar-refractivity contribution in [2.24, 2.45) is 0 Å². The van der Waals surface area contributed by atoms with Crippen molar-refractivity contribution in [3.05, 3.63) is 42.1 Å². The SMILES string of the molecule is C=C=Cc1ccc(OC(F)(F)F)cc1. The van der Waals surface area contributed by atoms with Crippen LogP contribution in [0.25, 0.3) is 6.08 Å². The Bertz CT molecular complexity index is 345. The van der Waals surface area contributed by atoms with Gasteiger partial charge in [-0.25, -0.2) is 0 Å². The third kappa shape index (κ3) is 3.37. The number of benzene rings is 1. The Kier molecular flexibility index (Phi) is 2.99. The van der Waals surface area contributed by atoms with Gasteiger partial charge in [0.15, 0.2) is 0 Å². The number of ether oxygens (including phenoxy) is 1. The second-order valence-electron chi connectivity index (χ2n) is 2.47. The van der Waals surface area contributed by atoms with Gasteiger partial charge >= 0.3 is 6.36 Å². The van der Waals surface area contributed by atoms with Crippen LogP contribution < -0.4 is 4.74 Å². The average molecular weight is 200 g/mol. The predicted molar refractivity (Wildman–Crippen MR) is 46.7 cm³/mol. The Hall–Kier alpha value is -1.67. The summed E-state index contributed by atoms with van der Waals surface area (Å²) in [5, 5.41) is 0. The minimum Gasteiger partial charge on any atom is -0.406 e. The Balaban J connectivity index is 2.78. The van der Waals surface area contributed by atoms with Crippen molar-refractivity contribution in [2.45, 2.75) is 6.36 Å². The average Bonchev–Trinajstić information content (AvgIpc) is 2.06. The molecule has 0 saturated heterocycles. The molecule has 0 aliphatic heterocycles. The molecule has 0 unspecified atom stereocenters. The Morgan fingerprint density at radius 1 is 1.21 bits per heavy atom. The summed E-state index contributed by atoms with van der Waals surface area (Å²) in [7, 11) is 0. The molecular formula is C10H7F3O. The van der Waals surface area contributed by atoms with E-state index in [1.807, 2.05) is 0 Å². The van der Waals surface area contributed by atoms with E-state index in [1.165, 1.54) is 24.3 Å². The maximum absolute atomic E-state index is 11.7. The standard InChI is InChI=1S/C10H7F3O/c1-2-3-8-4-6-9(7-5-8)14-10(11,12)13/h3-7H,1H2. The van der Waals surface area contributed by atoms with Crippen LogP contribution in [-0.2, 0) is 0 Å². The molecule has 0 aliphatic carbocycles. The Morgan fingerprint density at radius 3 is 2.21 bits per heavy atom. The van der Waals surface area contributed by atoms with E-state index < -0.39 is 6.36 Å². The van der Waals surface area contributed by atoms with E-state index in [0.29, 0.717) is 0 Å². The molecule has 0 radical (unpaired) electrons. The quantitative estimate of drug-likeness (QED) is 0.665. The van der Waals surface area contributed by atoms with Gasteiger partial charge in [0.05, 0.1) is 0 Å². The van der Waals surface area contributed by atoms with E-state index in [4.69, 9.17) is 0 Å².